The zero-order chi connectivity index (χ0) is 11.4. The van der Waals surface area contributed by atoms with Crippen LogP contribution in [0.25, 0.3) is 0 Å². The molecule has 0 atom stereocenters. The van der Waals surface area contributed by atoms with Crippen LogP contribution >= 0.6 is 0 Å². The van der Waals surface area contributed by atoms with E-state index in [1.54, 1.807) is 18.2 Å². The smallest absolute Gasteiger partial charge is 0.219 e. The maximum atomic E-state index is 10.5. The first-order valence-corrected chi connectivity index (χ1v) is 4.95. The van der Waals surface area contributed by atoms with E-state index in [1.807, 2.05) is 31.2 Å². The van der Waals surface area contributed by atoms with E-state index < -0.39 is 0 Å². The Morgan fingerprint density at radius 3 is 2.56 bits per heavy atom. The van der Waals surface area contributed by atoms with Crippen LogP contribution < -0.4 is 4.74 Å². The van der Waals surface area contributed by atoms with Gasteiger partial charge in [-0.2, -0.15) is 0 Å². The number of carbonyl (C=O) groups excluding carboxylic acids is 1. The molecule has 0 saturated carbocycles. The molecule has 1 heterocycles. The van der Waals surface area contributed by atoms with Crippen LogP contribution in [0.4, 0.5) is 0 Å². The molecule has 0 bridgehead atoms. The number of hydrogen-bond donors (Lipinski definition) is 0. The van der Waals surface area contributed by atoms with Crippen molar-refractivity contribution in [3.8, 4) is 11.6 Å². The summed E-state index contributed by atoms with van der Waals surface area (Å²) in [5.41, 5.74) is 1.53. The summed E-state index contributed by atoms with van der Waals surface area (Å²) >= 11 is 0. The van der Waals surface area contributed by atoms with E-state index in [4.69, 9.17) is 4.74 Å². The summed E-state index contributed by atoms with van der Waals surface area (Å²) in [6.07, 6.45) is 0.696. The quantitative estimate of drug-likeness (QED) is 0.736. The first-order valence-electron chi connectivity index (χ1n) is 4.95. The van der Waals surface area contributed by atoms with Crippen LogP contribution in [0.15, 0.2) is 42.5 Å². The number of aldehydes is 1. The molecule has 0 radical (unpaired) electrons. The molecule has 1 aromatic heterocycles. The average molecular weight is 213 g/mol. The minimum absolute atomic E-state index is 0.365. The Morgan fingerprint density at radius 2 is 1.88 bits per heavy atom. The van der Waals surface area contributed by atoms with E-state index >= 15 is 0 Å². The standard InChI is InChI=1S/C13H11NO2/c1-10-5-7-12(8-6-10)16-13-4-2-3-11(9-15)14-13/h2-9H,1H3. The lowest BCUT2D eigenvalue weighted by molar-refractivity contribution is 0.111. The van der Waals surface area contributed by atoms with Crippen LogP contribution in [-0.4, -0.2) is 11.3 Å². The fourth-order valence-corrected chi connectivity index (χ4v) is 1.28. The van der Waals surface area contributed by atoms with Crippen molar-refractivity contribution < 1.29 is 9.53 Å². The van der Waals surface area contributed by atoms with Crippen molar-refractivity contribution in [3.63, 3.8) is 0 Å². The third-order valence-electron chi connectivity index (χ3n) is 2.11. The number of carbonyl (C=O) groups is 1. The largest absolute Gasteiger partial charge is 0.439 e. The molecule has 80 valence electrons. The minimum Gasteiger partial charge on any atom is -0.439 e. The second-order valence-corrected chi connectivity index (χ2v) is 3.43. The lowest BCUT2D eigenvalue weighted by Gasteiger charge is -2.04. The topological polar surface area (TPSA) is 39.2 Å². The van der Waals surface area contributed by atoms with Crippen molar-refractivity contribution in [2.45, 2.75) is 6.92 Å². The van der Waals surface area contributed by atoms with Gasteiger partial charge in [0.25, 0.3) is 0 Å². The first-order chi connectivity index (χ1) is 7.78. The Balaban J connectivity index is 2.20. The Bertz CT molecular complexity index is 492. The molecule has 0 aliphatic rings. The second kappa shape index (κ2) is 4.57. The molecule has 0 N–H and O–H groups in total. The molecule has 0 spiro atoms. The monoisotopic (exact) mass is 213 g/mol. The predicted octanol–water partition coefficient (Wildman–Crippen LogP) is 2.99. The van der Waals surface area contributed by atoms with Crippen molar-refractivity contribution in [3.05, 3.63) is 53.7 Å². The van der Waals surface area contributed by atoms with Crippen LogP contribution in [0, 0.1) is 6.92 Å². The third-order valence-corrected chi connectivity index (χ3v) is 2.11. The average Bonchev–Trinajstić information content (AvgIpc) is 2.32. The lowest BCUT2D eigenvalue weighted by atomic mass is 10.2. The molecule has 0 aliphatic carbocycles. The molecule has 3 nitrogen and oxygen atoms in total. The van der Waals surface area contributed by atoms with E-state index in [0.717, 1.165) is 0 Å². The van der Waals surface area contributed by atoms with E-state index in [0.29, 0.717) is 23.6 Å². The van der Waals surface area contributed by atoms with Crippen molar-refractivity contribution in [2.75, 3.05) is 0 Å². The highest BCUT2D eigenvalue weighted by atomic mass is 16.5. The van der Waals surface area contributed by atoms with Gasteiger partial charge in [-0.1, -0.05) is 23.8 Å². The Labute approximate surface area is 93.7 Å². The van der Waals surface area contributed by atoms with E-state index in [2.05, 4.69) is 4.98 Å². The summed E-state index contributed by atoms with van der Waals surface area (Å²) in [4.78, 5) is 14.6. The van der Waals surface area contributed by atoms with Gasteiger partial charge in [0, 0.05) is 6.07 Å². The van der Waals surface area contributed by atoms with E-state index in [9.17, 15) is 4.79 Å². The van der Waals surface area contributed by atoms with Gasteiger partial charge in [0.05, 0.1) is 0 Å². The fraction of sp³-hybridized carbons (Fsp3) is 0.0769. The molecule has 1 aromatic carbocycles. The van der Waals surface area contributed by atoms with E-state index in [1.165, 1.54) is 5.56 Å². The number of nitrogens with zero attached hydrogens (tertiary/aromatic N) is 1. The van der Waals surface area contributed by atoms with Gasteiger partial charge >= 0.3 is 0 Å². The molecule has 0 aliphatic heterocycles. The highest BCUT2D eigenvalue weighted by Crippen LogP contribution is 2.19. The van der Waals surface area contributed by atoms with Gasteiger partial charge in [-0.25, -0.2) is 4.98 Å². The van der Waals surface area contributed by atoms with Crippen LogP contribution in [0.3, 0.4) is 0 Å². The molecule has 16 heavy (non-hydrogen) atoms. The number of aromatic nitrogens is 1. The molecule has 3 heteroatoms. The Morgan fingerprint density at radius 1 is 1.12 bits per heavy atom. The number of hydrogen-bond acceptors (Lipinski definition) is 3. The Kier molecular flexibility index (Phi) is 2.96. The van der Waals surface area contributed by atoms with Gasteiger partial charge < -0.3 is 4.74 Å². The molecular formula is C13H11NO2. The number of aryl methyl sites for hydroxylation is 1. The lowest BCUT2D eigenvalue weighted by Crippen LogP contribution is -1.91. The van der Waals surface area contributed by atoms with Crippen LogP contribution in [-0.2, 0) is 0 Å². The number of benzene rings is 1. The van der Waals surface area contributed by atoms with Crippen molar-refractivity contribution in [1.29, 1.82) is 0 Å². The normalized spacial score (nSPS) is 9.81. The summed E-state index contributed by atoms with van der Waals surface area (Å²) in [5.74, 6) is 1.13. The number of rotatable bonds is 3. The molecule has 2 rings (SSSR count). The summed E-state index contributed by atoms with van der Waals surface area (Å²) in [7, 11) is 0. The zero-order valence-electron chi connectivity index (χ0n) is 8.88. The summed E-state index contributed by atoms with van der Waals surface area (Å²) in [6.45, 7) is 2.01. The van der Waals surface area contributed by atoms with Gasteiger partial charge in [0.1, 0.15) is 11.4 Å². The van der Waals surface area contributed by atoms with E-state index in [-0.39, 0.29) is 0 Å². The molecule has 0 saturated heterocycles. The molecule has 0 unspecified atom stereocenters. The summed E-state index contributed by atoms with van der Waals surface area (Å²) < 4.78 is 5.51. The van der Waals surface area contributed by atoms with Gasteiger partial charge in [-0.3, -0.25) is 4.79 Å². The first kappa shape index (κ1) is 10.4. The van der Waals surface area contributed by atoms with Gasteiger partial charge in [0.2, 0.25) is 5.88 Å². The van der Waals surface area contributed by atoms with Crippen molar-refractivity contribution in [2.24, 2.45) is 0 Å². The number of ether oxygens (including phenoxy) is 1. The van der Waals surface area contributed by atoms with Gasteiger partial charge in [0.15, 0.2) is 6.29 Å². The fourth-order valence-electron chi connectivity index (χ4n) is 1.28. The molecule has 0 amide bonds. The van der Waals surface area contributed by atoms with Crippen LogP contribution in [0.2, 0.25) is 0 Å². The molecule has 2 aromatic rings. The maximum Gasteiger partial charge on any atom is 0.219 e. The van der Waals surface area contributed by atoms with Crippen molar-refractivity contribution >= 4 is 6.29 Å². The van der Waals surface area contributed by atoms with Crippen LogP contribution in [0.5, 0.6) is 11.6 Å². The minimum atomic E-state index is 0.365. The maximum absolute atomic E-state index is 10.5. The number of pyridine rings is 1. The Hall–Kier alpha value is -2.16. The predicted molar refractivity (Wildman–Crippen MR) is 60.9 cm³/mol. The SMILES string of the molecule is Cc1ccc(Oc2cccc(C=O)n2)cc1. The third kappa shape index (κ3) is 2.45. The zero-order valence-corrected chi connectivity index (χ0v) is 8.88. The van der Waals surface area contributed by atoms with Gasteiger partial charge in [-0.05, 0) is 25.1 Å². The second-order valence-electron chi connectivity index (χ2n) is 3.43. The van der Waals surface area contributed by atoms with Crippen molar-refractivity contribution in [1.82, 2.24) is 4.98 Å². The van der Waals surface area contributed by atoms with Gasteiger partial charge in [-0.15, -0.1) is 0 Å². The molecule has 0 fully saturated rings. The highest BCUT2D eigenvalue weighted by molar-refractivity contribution is 5.71. The van der Waals surface area contributed by atoms with Crippen LogP contribution in [0.1, 0.15) is 16.1 Å². The summed E-state index contributed by atoms with van der Waals surface area (Å²) in [5, 5.41) is 0. The summed E-state index contributed by atoms with van der Waals surface area (Å²) in [6, 6.07) is 12.7. The molecular weight excluding hydrogens is 202 g/mol. The highest BCUT2D eigenvalue weighted by Gasteiger charge is 1.99.